The van der Waals surface area contributed by atoms with E-state index in [0.717, 1.165) is 43.0 Å². The third kappa shape index (κ3) is 3.27. The summed E-state index contributed by atoms with van der Waals surface area (Å²) in [5.41, 5.74) is 3.62. The third-order valence-electron chi connectivity index (χ3n) is 2.64. The highest BCUT2D eigenvalue weighted by atomic mass is 14.9. The lowest BCUT2D eigenvalue weighted by atomic mass is 10.1. The molecule has 1 heterocycles. The first-order valence-corrected chi connectivity index (χ1v) is 5.66. The molecule has 0 aliphatic rings. The second kappa shape index (κ2) is 5.81. The molecule has 0 unspecified atom stereocenters. The lowest BCUT2D eigenvalue weighted by molar-refractivity contribution is 0.711. The van der Waals surface area contributed by atoms with Crippen LogP contribution in [0.25, 0.3) is 0 Å². The molecule has 0 bridgehead atoms. The van der Waals surface area contributed by atoms with Gasteiger partial charge in [-0.25, -0.2) is 9.97 Å². The maximum absolute atomic E-state index is 4.50. The van der Waals surface area contributed by atoms with Crippen LogP contribution in [0, 0.1) is 13.8 Å². The maximum Gasteiger partial charge on any atom is 0.128 e. The van der Waals surface area contributed by atoms with Gasteiger partial charge in [-0.05, 0) is 45.8 Å². The fourth-order valence-electron chi connectivity index (χ4n) is 1.77. The van der Waals surface area contributed by atoms with Crippen LogP contribution in [-0.2, 0) is 12.8 Å². The number of hydrogen-bond donors (Lipinski definition) is 1. The minimum Gasteiger partial charge on any atom is -0.320 e. The Balaban J connectivity index is 2.79. The number of aromatic nitrogens is 2. The fraction of sp³-hybridized carbons (Fsp3) is 0.667. The molecule has 0 fully saturated rings. The first-order chi connectivity index (χ1) is 7.19. The van der Waals surface area contributed by atoms with E-state index in [2.05, 4.69) is 36.1 Å². The van der Waals surface area contributed by atoms with Gasteiger partial charge in [-0.3, -0.25) is 0 Å². The summed E-state index contributed by atoms with van der Waals surface area (Å²) in [6.45, 7) is 7.31. The van der Waals surface area contributed by atoms with E-state index >= 15 is 0 Å². The van der Waals surface area contributed by atoms with Gasteiger partial charge in [0.05, 0.1) is 0 Å². The zero-order valence-electron chi connectivity index (χ0n) is 10.2. The summed E-state index contributed by atoms with van der Waals surface area (Å²) in [7, 11) is 1.98. The fourth-order valence-corrected chi connectivity index (χ4v) is 1.77. The van der Waals surface area contributed by atoms with E-state index in [1.54, 1.807) is 0 Å². The van der Waals surface area contributed by atoms with Crippen LogP contribution in [0.1, 0.15) is 36.1 Å². The zero-order valence-corrected chi connectivity index (χ0v) is 10.2. The van der Waals surface area contributed by atoms with Crippen molar-refractivity contribution in [2.75, 3.05) is 13.6 Å². The number of aryl methyl sites for hydroxylation is 3. The summed E-state index contributed by atoms with van der Waals surface area (Å²) < 4.78 is 0. The van der Waals surface area contributed by atoms with Crippen molar-refractivity contribution in [1.29, 1.82) is 0 Å². The van der Waals surface area contributed by atoms with Crippen LogP contribution in [0.4, 0.5) is 0 Å². The van der Waals surface area contributed by atoms with Gasteiger partial charge in [-0.15, -0.1) is 0 Å². The first kappa shape index (κ1) is 12.1. The minimum absolute atomic E-state index is 0.915. The maximum atomic E-state index is 4.50. The van der Waals surface area contributed by atoms with Crippen LogP contribution in [0.15, 0.2) is 0 Å². The molecule has 1 aromatic rings. The van der Waals surface area contributed by atoms with E-state index in [4.69, 9.17) is 0 Å². The van der Waals surface area contributed by atoms with E-state index in [1.165, 1.54) is 5.56 Å². The molecule has 1 aromatic heterocycles. The van der Waals surface area contributed by atoms with Gasteiger partial charge in [0, 0.05) is 17.8 Å². The highest BCUT2D eigenvalue weighted by Gasteiger charge is 2.06. The molecule has 1 N–H and O–H groups in total. The molecular weight excluding hydrogens is 186 g/mol. The quantitative estimate of drug-likeness (QED) is 0.748. The largest absolute Gasteiger partial charge is 0.320 e. The van der Waals surface area contributed by atoms with Crippen LogP contribution in [0.2, 0.25) is 0 Å². The Hall–Kier alpha value is -0.960. The number of rotatable bonds is 5. The van der Waals surface area contributed by atoms with E-state index in [9.17, 15) is 0 Å². The van der Waals surface area contributed by atoms with Crippen molar-refractivity contribution in [3.63, 3.8) is 0 Å². The summed E-state index contributed by atoms with van der Waals surface area (Å²) >= 11 is 0. The molecule has 84 valence electrons. The second-order valence-corrected chi connectivity index (χ2v) is 3.85. The summed E-state index contributed by atoms with van der Waals surface area (Å²) in [5, 5.41) is 3.16. The van der Waals surface area contributed by atoms with Crippen LogP contribution in [-0.4, -0.2) is 23.6 Å². The van der Waals surface area contributed by atoms with E-state index < -0.39 is 0 Å². The van der Waals surface area contributed by atoms with Crippen molar-refractivity contribution in [2.24, 2.45) is 0 Å². The second-order valence-electron chi connectivity index (χ2n) is 3.85. The first-order valence-electron chi connectivity index (χ1n) is 5.66. The van der Waals surface area contributed by atoms with Gasteiger partial charge >= 0.3 is 0 Å². The van der Waals surface area contributed by atoms with Crippen molar-refractivity contribution in [3.05, 3.63) is 22.8 Å². The van der Waals surface area contributed by atoms with Gasteiger partial charge in [-0.1, -0.05) is 6.92 Å². The summed E-state index contributed by atoms with van der Waals surface area (Å²) in [4.78, 5) is 9.00. The molecule has 0 saturated heterocycles. The van der Waals surface area contributed by atoms with Gasteiger partial charge < -0.3 is 5.32 Å². The van der Waals surface area contributed by atoms with Crippen molar-refractivity contribution in [1.82, 2.24) is 15.3 Å². The lowest BCUT2D eigenvalue weighted by Gasteiger charge is -2.09. The molecule has 0 radical (unpaired) electrons. The number of nitrogens with zero attached hydrogens (tertiary/aromatic N) is 2. The van der Waals surface area contributed by atoms with Gasteiger partial charge in [0.1, 0.15) is 5.82 Å². The van der Waals surface area contributed by atoms with Crippen LogP contribution in [0.3, 0.4) is 0 Å². The molecule has 0 aliphatic carbocycles. The third-order valence-corrected chi connectivity index (χ3v) is 2.64. The Labute approximate surface area is 92.3 Å². The Morgan fingerprint density at radius 2 is 1.73 bits per heavy atom. The normalized spacial score (nSPS) is 10.7. The van der Waals surface area contributed by atoms with Crippen LogP contribution in [0.5, 0.6) is 0 Å². The molecule has 1 rings (SSSR count). The Morgan fingerprint density at radius 3 is 2.20 bits per heavy atom. The van der Waals surface area contributed by atoms with Crippen molar-refractivity contribution in [2.45, 2.75) is 40.0 Å². The monoisotopic (exact) mass is 207 g/mol. The van der Waals surface area contributed by atoms with Gasteiger partial charge in [-0.2, -0.15) is 0 Å². The molecular formula is C12H21N3. The Kier molecular flexibility index (Phi) is 4.69. The van der Waals surface area contributed by atoms with Crippen molar-refractivity contribution < 1.29 is 0 Å². The highest BCUT2D eigenvalue weighted by Crippen LogP contribution is 2.12. The molecule has 15 heavy (non-hydrogen) atoms. The summed E-state index contributed by atoms with van der Waals surface area (Å²) in [6.07, 6.45) is 3.13. The van der Waals surface area contributed by atoms with Crippen LogP contribution >= 0.6 is 0 Å². The smallest absolute Gasteiger partial charge is 0.128 e. The standard InChI is InChI=1S/C12H21N3/c1-5-12-14-9(2)11(10(3)15-12)7-6-8-13-4/h13H,5-8H2,1-4H3. The average Bonchev–Trinajstić information content (AvgIpc) is 2.22. The highest BCUT2D eigenvalue weighted by molar-refractivity contribution is 5.24. The Morgan fingerprint density at radius 1 is 1.13 bits per heavy atom. The summed E-state index contributed by atoms with van der Waals surface area (Å²) in [5.74, 6) is 0.961. The lowest BCUT2D eigenvalue weighted by Crippen LogP contribution is -2.11. The topological polar surface area (TPSA) is 37.8 Å². The predicted molar refractivity (Wildman–Crippen MR) is 63.1 cm³/mol. The van der Waals surface area contributed by atoms with Gasteiger partial charge in [0.15, 0.2) is 0 Å². The van der Waals surface area contributed by atoms with E-state index in [1.807, 2.05) is 7.05 Å². The zero-order chi connectivity index (χ0) is 11.3. The molecule has 3 heteroatoms. The van der Waals surface area contributed by atoms with Gasteiger partial charge in [0.2, 0.25) is 0 Å². The predicted octanol–water partition coefficient (Wildman–Crippen LogP) is 1.81. The molecule has 0 spiro atoms. The van der Waals surface area contributed by atoms with Crippen molar-refractivity contribution >= 4 is 0 Å². The van der Waals surface area contributed by atoms with Crippen LogP contribution < -0.4 is 5.32 Å². The molecule has 0 aromatic carbocycles. The molecule has 0 saturated carbocycles. The SMILES string of the molecule is CCc1nc(C)c(CCCNC)c(C)n1. The molecule has 0 atom stereocenters. The van der Waals surface area contributed by atoms with E-state index in [-0.39, 0.29) is 0 Å². The van der Waals surface area contributed by atoms with Gasteiger partial charge in [0.25, 0.3) is 0 Å². The van der Waals surface area contributed by atoms with Crippen molar-refractivity contribution in [3.8, 4) is 0 Å². The summed E-state index contributed by atoms with van der Waals surface area (Å²) in [6, 6.07) is 0. The average molecular weight is 207 g/mol. The molecule has 0 amide bonds. The molecule has 0 aliphatic heterocycles. The molecule has 3 nitrogen and oxygen atoms in total. The number of hydrogen-bond acceptors (Lipinski definition) is 3. The minimum atomic E-state index is 0.915. The number of nitrogens with one attached hydrogen (secondary N) is 1. The Bertz CT molecular complexity index is 298. The van der Waals surface area contributed by atoms with E-state index in [0.29, 0.717) is 0 Å².